The van der Waals surface area contributed by atoms with E-state index in [1.165, 1.54) is 19.3 Å². The van der Waals surface area contributed by atoms with Crippen molar-refractivity contribution in [1.82, 2.24) is 39.2 Å². The molecule has 61 heavy (non-hydrogen) atoms. The zero-order chi connectivity index (χ0) is 41.0. The minimum Gasteiger partial charge on any atom is -0.378 e. The van der Waals surface area contributed by atoms with E-state index in [0.717, 1.165) is 143 Å². The lowest BCUT2D eigenvalue weighted by atomic mass is 10.1. The number of morpholine rings is 2. The third kappa shape index (κ3) is 8.30. The molecule has 308 valence electrons. The molecule has 11 rings (SSSR count). The number of hydrogen-bond acceptors (Lipinski definition) is 11. The Bertz CT molecular complexity index is 2870. The number of imidazole rings is 2. The Morgan fingerprint density at radius 2 is 0.984 bits per heavy atom. The Balaban J connectivity index is 0.000000148. The van der Waals surface area contributed by atoms with Crippen LogP contribution in [-0.2, 0) is 9.47 Å². The number of piperidine rings is 1. The molecule has 6 aromatic heterocycles. The molecular formula is C47H46BrN11O2. The van der Waals surface area contributed by atoms with Gasteiger partial charge >= 0.3 is 0 Å². The molecule has 0 N–H and O–H groups in total. The summed E-state index contributed by atoms with van der Waals surface area (Å²) in [5.74, 6) is 1.08. The SMILES string of the molecule is Brc1c(/C=C/c2ccc3ccccc3n2)nc2c(N3CCOCC3)ccnn12.C(=C\c1nc2c(N3CCOCC3)ccnn2c1N1CCCCC1)/c1ccc2ccccc2n1. The van der Waals surface area contributed by atoms with Crippen LogP contribution in [0.2, 0.25) is 0 Å². The highest BCUT2D eigenvalue weighted by atomic mass is 79.9. The summed E-state index contributed by atoms with van der Waals surface area (Å²) in [4.78, 5) is 26.5. The molecule has 0 saturated carbocycles. The van der Waals surface area contributed by atoms with Crippen LogP contribution in [0.4, 0.5) is 17.2 Å². The van der Waals surface area contributed by atoms with Crippen molar-refractivity contribution in [3.05, 3.63) is 125 Å². The molecule has 3 saturated heterocycles. The Labute approximate surface area is 362 Å². The van der Waals surface area contributed by atoms with Gasteiger partial charge in [-0.15, -0.1) is 0 Å². The van der Waals surface area contributed by atoms with Crippen LogP contribution >= 0.6 is 15.9 Å². The van der Waals surface area contributed by atoms with Gasteiger partial charge in [-0.25, -0.2) is 24.5 Å². The number of pyridine rings is 2. The summed E-state index contributed by atoms with van der Waals surface area (Å²) in [5, 5.41) is 11.5. The van der Waals surface area contributed by atoms with Crippen LogP contribution in [0.3, 0.4) is 0 Å². The van der Waals surface area contributed by atoms with Gasteiger partial charge < -0.3 is 24.2 Å². The average molecular weight is 877 g/mol. The van der Waals surface area contributed by atoms with Gasteiger partial charge in [0.1, 0.15) is 10.3 Å². The van der Waals surface area contributed by atoms with Crippen molar-refractivity contribution in [3.63, 3.8) is 0 Å². The van der Waals surface area contributed by atoms with E-state index in [1.807, 2.05) is 76.0 Å². The van der Waals surface area contributed by atoms with Crippen LogP contribution in [0, 0.1) is 0 Å². The van der Waals surface area contributed by atoms with Crippen LogP contribution in [0.1, 0.15) is 42.0 Å². The predicted molar refractivity (Wildman–Crippen MR) is 247 cm³/mol. The predicted octanol–water partition coefficient (Wildman–Crippen LogP) is 8.32. The zero-order valence-electron chi connectivity index (χ0n) is 33.9. The van der Waals surface area contributed by atoms with Crippen molar-refractivity contribution in [2.75, 3.05) is 80.4 Å². The highest BCUT2D eigenvalue weighted by Crippen LogP contribution is 2.32. The third-order valence-electron chi connectivity index (χ3n) is 11.4. The topological polar surface area (TPSA) is 114 Å². The van der Waals surface area contributed by atoms with E-state index >= 15 is 0 Å². The molecule has 0 amide bonds. The van der Waals surface area contributed by atoms with E-state index in [0.29, 0.717) is 0 Å². The quantitative estimate of drug-likeness (QED) is 0.154. The van der Waals surface area contributed by atoms with E-state index in [2.05, 4.69) is 90.3 Å². The van der Waals surface area contributed by atoms with Gasteiger partial charge in [0.25, 0.3) is 0 Å². The normalized spacial score (nSPS) is 16.4. The summed E-state index contributed by atoms with van der Waals surface area (Å²) in [7, 11) is 0. The van der Waals surface area contributed by atoms with Crippen molar-refractivity contribution >= 4 is 90.5 Å². The van der Waals surface area contributed by atoms with Gasteiger partial charge in [-0.05, 0) is 95.9 Å². The summed E-state index contributed by atoms with van der Waals surface area (Å²) < 4.78 is 15.7. The number of fused-ring (bicyclic) bond motifs is 4. The van der Waals surface area contributed by atoms with Gasteiger partial charge in [0.05, 0.1) is 78.3 Å². The monoisotopic (exact) mass is 875 g/mol. The fourth-order valence-electron chi connectivity index (χ4n) is 8.27. The second kappa shape index (κ2) is 17.8. The molecule has 14 heteroatoms. The van der Waals surface area contributed by atoms with Gasteiger partial charge in [-0.2, -0.15) is 14.7 Å². The van der Waals surface area contributed by atoms with Crippen molar-refractivity contribution in [2.45, 2.75) is 19.3 Å². The molecule has 0 aliphatic carbocycles. The molecule has 0 atom stereocenters. The lowest BCUT2D eigenvalue weighted by Crippen LogP contribution is -2.36. The molecule has 3 aliphatic rings. The van der Waals surface area contributed by atoms with Gasteiger partial charge in [0, 0.05) is 50.0 Å². The van der Waals surface area contributed by atoms with E-state index in [1.54, 1.807) is 0 Å². The largest absolute Gasteiger partial charge is 0.378 e. The molecule has 9 heterocycles. The smallest absolute Gasteiger partial charge is 0.180 e. The van der Waals surface area contributed by atoms with E-state index in [9.17, 15) is 0 Å². The minimum atomic E-state index is 0.733. The van der Waals surface area contributed by atoms with Crippen LogP contribution in [-0.4, -0.2) is 105 Å². The molecular weight excluding hydrogens is 830 g/mol. The Morgan fingerprint density at radius 1 is 0.475 bits per heavy atom. The highest BCUT2D eigenvalue weighted by Gasteiger charge is 2.24. The summed E-state index contributed by atoms with van der Waals surface area (Å²) >= 11 is 3.65. The number of hydrogen-bond donors (Lipinski definition) is 0. The standard InChI is InChI=1S/C26H28N6O.C21H18BrN5O/c1-4-14-31(15-5-1)26-23(11-10-21-9-8-20-6-2-3-7-22(20)28-21)29-25-24(12-13-27-32(25)26)30-16-18-33-19-17-30;22-20-18(8-7-16-6-5-15-3-1-2-4-17(15)24-16)25-21-19(9-10-23-27(20)21)26-11-13-28-14-12-26/h2-3,6-13H,1,4-5,14-19H2;1-10H,11-14H2/b11-10+;8-7+. The second-order valence-electron chi connectivity index (χ2n) is 15.3. The van der Waals surface area contributed by atoms with Crippen LogP contribution in [0.15, 0.2) is 102 Å². The maximum Gasteiger partial charge on any atom is 0.180 e. The molecule has 8 aromatic rings. The van der Waals surface area contributed by atoms with Gasteiger partial charge in [-0.3, -0.25) is 0 Å². The first-order chi connectivity index (χ1) is 30.2. The maximum absolute atomic E-state index is 5.56. The number of para-hydroxylation sites is 2. The van der Waals surface area contributed by atoms with Crippen molar-refractivity contribution < 1.29 is 9.47 Å². The third-order valence-corrected chi connectivity index (χ3v) is 12.1. The van der Waals surface area contributed by atoms with E-state index in [4.69, 9.17) is 34.5 Å². The summed E-state index contributed by atoms with van der Waals surface area (Å²) in [5.41, 5.74) is 9.51. The lowest BCUT2D eigenvalue weighted by molar-refractivity contribution is 0.122. The molecule has 3 aliphatic heterocycles. The molecule has 0 bridgehead atoms. The minimum absolute atomic E-state index is 0.733. The molecule has 0 spiro atoms. The fraction of sp³-hybridized carbons (Fsp3) is 0.277. The first-order valence-corrected chi connectivity index (χ1v) is 21.8. The Hall–Kier alpha value is -6.22. The zero-order valence-corrected chi connectivity index (χ0v) is 35.4. The number of aromatic nitrogens is 8. The van der Waals surface area contributed by atoms with Crippen molar-refractivity contribution in [2.24, 2.45) is 0 Å². The Morgan fingerprint density at radius 3 is 1.57 bits per heavy atom. The number of anilines is 3. The molecule has 3 fully saturated rings. The average Bonchev–Trinajstić information content (AvgIpc) is 3.87. The van der Waals surface area contributed by atoms with Crippen LogP contribution in [0.5, 0.6) is 0 Å². The van der Waals surface area contributed by atoms with Crippen molar-refractivity contribution in [1.29, 1.82) is 0 Å². The molecule has 2 aromatic carbocycles. The van der Waals surface area contributed by atoms with E-state index < -0.39 is 0 Å². The number of nitrogens with zero attached hydrogens (tertiary/aromatic N) is 11. The summed E-state index contributed by atoms with van der Waals surface area (Å²) in [6, 6.07) is 28.7. The van der Waals surface area contributed by atoms with Crippen LogP contribution in [0.25, 0.3) is 57.4 Å². The maximum atomic E-state index is 5.56. The summed E-state index contributed by atoms with van der Waals surface area (Å²) in [6.45, 7) is 8.48. The van der Waals surface area contributed by atoms with Crippen molar-refractivity contribution in [3.8, 4) is 0 Å². The number of ether oxygens (including phenoxy) is 2. The first kappa shape index (κ1) is 38.9. The van der Waals surface area contributed by atoms with E-state index in [-0.39, 0.29) is 0 Å². The van der Waals surface area contributed by atoms with Gasteiger partial charge in [0.15, 0.2) is 17.1 Å². The number of rotatable bonds is 7. The number of halogens is 1. The fourth-order valence-corrected chi connectivity index (χ4v) is 8.75. The molecule has 0 radical (unpaired) electrons. The Kier molecular flexibility index (Phi) is 11.4. The lowest BCUT2D eigenvalue weighted by Gasteiger charge is -2.29. The molecule has 0 unspecified atom stereocenters. The second-order valence-corrected chi connectivity index (χ2v) is 16.0. The summed E-state index contributed by atoms with van der Waals surface area (Å²) in [6.07, 6.45) is 15.5. The first-order valence-electron chi connectivity index (χ1n) is 21.1. The van der Waals surface area contributed by atoms with Gasteiger partial charge in [0.2, 0.25) is 0 Å². The highest BCUT2D eigenvalue weighted by molar-refractivity contribution is 9.10. The van der Waals surface area contributed by atoms with Crippen LogP contribution < -0.4 is 14.7 Å². The molecule has 13 nitrogen and oxygen atoms in total. The van der Waals surface area contributed by atoms with Gasteiger partial charge in [-0.1, -0.05) is 48.5 Å². The number of benzene rings is 2.